The van der Waals surface area contributed by atoms with E-state index >= 15 is 0 Å². The van der Waals surface area contributed by atoms with Gasteiger partial charge in [-0.25, -0.2) is 9.78 Å². The average Bonchev–Trinajstić information content (AvgIpc) is 3.16. The van der Waals surface area contributed by atoms with Gasteiger partial charge in [-0.2, -0.15) is 0 Å². The van der Waals surface area contributed by atoms with Gasteiger partial charge in [0.2, 0.25) is 0 Å². The second-order valence-corrected chi connectivity index (χ2v) is 10.3. The largest absolute Gasteiger partial charge is 0.383 e. The number of nitrogens with zero attached hydrogens (tertiary/aromatic N) is 3. The van der Waals surface area contributed by atoms with E-state index in [1.807, 2.05) is 39.8 Å². The molecule has 0 saturated carbocycles. The van der Waals surface area contributed by atoms with Gasteiger partial charge in [0, 0.05) is 18.7 Å². The summed E-state index contributed by atoms with van der Waals surface area (Å²) < 4.78 is 1.32. The number of thiazole rings is 1. The molecule has 0 saturated heterocycles. The number of amides is 1. The molecule has 0 aliphatic carbocycles. The van der Waals surface area contributed by atoms with Gasteiger partial charge in [-0.15, -0.1) is 11.3 Å². The number of anilines is 2. The quantitative estimate of drug-likeness (QED) is 0.501. The van der Waals surface area contributed by atoms with Crippen molar-refractivity contribution in [3.05, 3.63) is 61.2 Å². The number of carbonyl (C=O) groups is 1. The first kappa shape index (κ1) is 25.4. The van der Waals surface area contributed by atoms with Crippen molar-refractivity contribution in [1.29, 1.82) is 0 Å². The van der Waals surface area contributed by atoms with E-state index in [0.29, 0.717) is 17.1 Å². The summed E-state index contributed by atoms with van der Waals surface area (Å²) in [7, 11) is 0. The number of aromatic amines is 1. The van der Waals surface area contributed by atoms with Crippen LogP contribution in [0.2, 0.25) is 0 Å². The maximum atomic E-state index is 13.8. The van der Waals surface area contributed by atoms with Crippen LogP contribution in [0.3, 0.4) is 0 Å². The number of benzene rings is 1. The number of rotatable bonds is 8. The van der Waals surface area contributed by atoms with Gasteiger partial charge in [-0.05, 0) is 30.7 Å². The highest BCUT2D eigenvalue weighted by Gasteiger charge is 2.29. The number of hydrogen-bond donors (Lipinski definition) is 2. The van der Waals surface area contributed by atoms with E-state index in [2.05, 4.69) is 29.0 Å². The zero-order valence-electron chi connectivity index (χ0n) is 20.6. The third-order valence-corrected chi connectivity index (χ3v) is 6.62. The van der Waals surface area contributed by atoms with E-state index in [1.54, 1.807) is 6.92 Å². The summed E-state index contributed by atoms with van der Waals surface area (Å²) >= 11 is 1.29. The summed E-state index contributed by atoms with van der Waals surface area (Å²) in [6.45, 7) is 12.3. The molecule has 0 fully saturated rings. The molecule has 1 aromatic carbocycles. The lowest BCUT2D eigenvalue weighted by Gasteiger charge is -2.26. The normalized spacial score (nSPS) is 11.4. The van der Waals surface area contributed by atoms with Gasteiger partial charge in [0.1, 0.15) is 15.7 Å². The zero-order chi connectivity index (χ0) is 25.2. The van der Waals surface area contributed by atoms with Crippen molar-refractivity contribution in [3.8, 4) is 10.6 Å². The molecule has 1 amide bonds. The van der Waals surface area contributed by atoms with Crippen LogP contribution in [-0.2, 0) is 13.0 Å². The molecule has 3 aromatic rings. The molecule has 182 valence electrons. The lowest BCUT2D eigenvalue weighted by atomic mass is 10.1. The van der Waals surface area contributed by atoms with Crippen molar-refractivity contribution in [2.24, 2.45) is 11.8 Å². The van der Waals surface area contributed by atoms with Crippen LogP contribution in [0.15, 0.2) is 33.9 Å². The molecule has 0 radical (unpaired) electrons. The van der Waals surface area contributed by atoms with Crippen molar-refractivity contribution in [2.45, 2.75) is 54.5 Å². The van der Waals surface area contributed by atoms with Gasteiger partial charge in [-0.1, -0.05) is 58.9 Å². The molecule has 0 aliphatic rings. The second-order valence-electron chi connectivity index (χ2n) is 9.29. The molecular formula is C25H33N5O3S. The first-order valence-corrected chi connectivity index (χ1v) is 12.4. The molecule has 0 bridgehead atoms. The Bertz CT molecular complexity index is 1290. The number of nitrogens with two attached hydrogens (primary N) is 1. The number of nitrogens with one attached hydrogen (secondary N) is 1. The lowest BCUT2D eigenvalue weighted by Crippen LogP contribution is -2.43. The zero-order valence-corrected chi connectivity index (χ0v) is 21.5. The summed E-state index contributed by atoms with van der Waals surface area (Å²) in [6.07, 6.45) is 0.944. The Morgan fingerprint density at radius 3 is 2.35 bits per heavy atom. The van der Waals surface area contributed by atoms with E-state index in [4.69, 9.17) is 5.73 Å². The SMILES string of the molecule is CCc1ccc(-c2nc(C)c(C(=O)N(CC(C)C)c3c(N)n(CC(C)C)c(=O)[nH]c3=O)s2)cc1. The second kappa shape index (κ2) is 10.4. The third kappa shape index (κ3) is 5.30. The molecule has 0 spiro atoms. The first-order valence-electron chi connectivity index (χ1n) is 11.5. The van der Waals surface area contributed by atoms with Crippen LogP contribution < -0.4 is 21.9 Å². The van der Waals surface area contributed by atoms with Crippen LogP contribution in [0.4, 0.5) is 11.5 Å². The topological polar surface area (TPSA) is 114 Å². The first-order chi connectivity index (χ1) is 16.0. The van der Waals surface area contributed by atoms with Crippen LogP contribution in [0.25, 0.3) is 10.6 Å². The molecule has 0 aliphatic heterocycles. The summed E-state index contributed by atoms with van der Waals surface area (Å²) in [4.78, 5) is 47.8. The molecule has 2 heterocycles. The lowest BCUT2D eigenvalue weighted by molar-refractivity contribution is 0.0986. The summed E-state index contributed by atoms with van der Waals surface area (Å²) in [5.41, 5.74) is 7.82. The fraction of sp³-hybridized carbons (Fsp3) is 0.440. The fourth-order valence-corrected chi connectivity index (χ4v) is 4.77. The minimum Gasteiger partial charge on any atom is -0.383 e. The third-order valence-electron chi connectivity index (χ3n) is 5.42. The predicted molar refractivity (Wildman–Crippen MR) is 139 cm³/mol. The maximum absolute atomic E-state index is 13.8. The Hall–Kier alpha value is -3.20. The number of aromatic nitrogens is 3. The molecule has 0 unspecified atom stereocenters. The Kier molecular flexibility index (Phi) is 7.76. The summed E-state index contributed by atoms with van der Waals surface area (Å²) in [5.74, 6) is -0.179. The van der Waals surface area contributed by atoms with E-state index in [-0.39, 0.29) is 35.8 Å². The van der Waals surface area contributed by atoms with Crippen LogP contribution >= 0.6 is 11.3 Å². The smallest absolute Gasteiger partial charge is 0.330 e. The molecule has 3 rings (SSSR count). The van der Waals surface area contributed by atoms with Gasteiger partial charge in [-0.3, -0.25) is 24.0 Å². The Balaban J connectivity index is 2.10. The Labute approximate surface area is 203 Å². The van der Waals surface area contributed by atoms with Crippen LogP contribution in [0.5, 0.6) is 0 Å². The number of nitrogen functional groups attached to an aromatic ring is 1. The Morgan fingerprint density at radius 1 is 1.15 bits per heavy atom. The van der Waals surface area contributed by atoms with E-state index in [1.165, 1.54) is 26.4 Å². The van der Waals surface area contributed by atoms with E-state index < -0.39 is 11.2 Å². The number of carbonyl (C=O) groups excluding carboxylic acids is 1. The fourth-order valence-electron chi connectivity index (χ4n) is 3.75. The van der Waals surface area contributed by atoms with Gasteiger partial charge in [0.05, 0.1) is 5.69 Å². The van der Waals surface area contributed by atoms with Gasteiger partial charge >= 0.3 is 5.69 Å². The predicted octanol–water partition coefficient (Wildman–Crippen LogP) is 4.07. The minimum absolute atomic E-state index is 0.000554. The minimum atomic E-state index is -0.672. The number of hydrogen-bond acceptors (Lipinski definition) is 6. The molecule has 34 heavy (non-hydrogen) atoms. The summed E-state index contributed by atoms with van der Waals surface area (Å²) in [6, 6.07) is 8.11. The molecular weight excluding hydrogens is 450 g/mol. The number of aryl methyl sites for hydroxylation is 2. The highest BCUT2D eigenvalue weighted by atomic mass is 32.1. The number of H-pyrrole nitrogens is 1. The van der Waals surface area contributed by atoms with Crippen molar-refractivity contribution in [2.75, 3.05) is 17.2 Å². The van der Waals surface area contributed by atoms with Crippen molar-refractivity contribution < 1.29 is 4.79 Å². The molecule has 3 N–H and O–H groups in total. The molecule has 8 nitrogen and oxygen atoms in total. The van der Waals surface area contributed by atoms with Crippen LogP contribution in [0, 0.1) is 18.8 Å². The maximum Gasteiger partial charge on any atom is 0.330 e. The Morgan fingerprint density at radius 2 is 1.79 bits per heavy atom. The highest BCUT2D eigenvalue weighted by molar-refractivity contribution is 7.17. The molecule has 9 heteroatoms. The van der Waals surface area contributed by atoms with E-state index in [9.17, 15) is 14.4 Å². The van der Waals surface area contributed by atoms with Gasteiger partial charge in [0.25, 0.3) is 11.5 Å². The van der Waals surface area contributed by atoms with E-state index in [0.717, 1.165) is 17.0 Å². The average molecular weight is 484 g/mol. The van der Waals surface area contributed by atoms with Gasteiger partial charge in [0.15, 0.2) is 5.69 Å². The van der Waals surface area contributed by atoms with Crippen LogP contribution in [0.1, 0.15) is 55.5 Å². The van der Waals surface area contributed by atoms with Crippen molar-refractivity contribution in [1.82, 2.24) is 14.5 Å². The van der Waals surface area contributed by atoms with Gasteiger partial charge < -0.3 is 5.73 Å². The molecule has 2 aromatic heterocycles. The molecule has 0 atom stereocenters. The standard InChI is InChI=1S/C25H33N5O3S/c1-7-17-8-10-18(11-9-17)23-27-16(6)20(34-23)24(32)29(12-14(2)3)19-21(26)30(13-15(4)5)25(33)28-22(19)31/h8-11,14-15H,7,12-13,26H2,1-6H3,(H,28,31,33). The van der Waals surface area contributed by atoms with Crippen molar-refractivity contribution in [3.63, 3.8) is 0 Å². The van der Waals surface area contributed by atoms with Crippen LogP contribution in [-0.4, -0.2) is 27.0 Å². The monoisotopic (exact) mass is 483 g/mol. The highest BCUT2D eigenvalue weighted by Crippen LogP contribution is 2.31. The van der Waals surface area contributed by atoms with Crippen molar-refractivity contribution >= 4 is 28.7 Å². The summed E-state index contributed by atoms with van der Waals surface area (Å²) in [5, 5.41) is 0.736.